The monoisotopic (exact) mass is 356 g/mol. The number of Topliss-reactive ketones (excluding diaryl/α,β-unsaturated/α-hetero) is 1. The summed E-state index contributed by atoms with van der Waals surface area (Å²) in [4.78, 5) is 18.6. The Labute approximate surface area is 155 Å². The zero-order valence-electron chi connectivity index (χ0n) is 15.8. The molecule has 0 saturated carbocycles. The van der Waals surface area contributed by atoms with Gasteiger partial charge in [0, 0.05) is 26.2 Å². The van der Waals surface area contributed by atoms with Crippen LogP contribution in [0.15, 0.2) is 18.2 Å². The Morgan fingerprint density at radius 1 is 0.962 bits per heavy atom. The number of fused-ring (bicyclic) bond motifs is 1. The van der Waals surface area contributed by atoms with Gasteiger partial charge in [-0.25, -0.2) is 0 Å². The first kappa shape index (κ1) is 16.6. The maximum atomic E-state index is 13.5. The maximum absolute atomic E-state index is 13.5. The third-order valence-corrected chi connectivity index (χ3v) is 6.83. The zero-order chi connectivity index (χ0) is 17.9. The Hall–Kier alpha value is -1.59. The number of ketones is 1. The van der Waals surface area contributed by atoms with Gasteiger partial charge in [-0.1, -0.05) is 32.8 Å². The van der Waals surface area contributed by atoms with Gasteiger partial charge in [0.1, 0.15) is 5.78 Å². The minimum absolute atomic E-state index is 0.159. The summed E-state index contributed by atoms with van der Waals surface area (Å²) in [6.07, 6.45) is 4.43. The van der Waals surface area contributed by atoms with E-state index < -0.39 is 0 Å². The molecule has 0 atom stereocenters. The fourth-order valence-electron chi connectivity index (χ4n) is 6.19. The van der Waals surface area contributed by atoms with Gasteiger partial charge in [-0.3, -0.25) is 14.6 Å². The minimum Gasteiger partial charge on any atom is -0.454 e. The van der Waals surface area contributed by atoms with Crippen LogP contribution in [0.1, 0.15) is 51.3 Å². The fraction of sp³-hybridized carbons (Fsp3) is 0.667. The topological polar surface area (TPSA) is 42.0 Å². The molecule has 5 heteroatoms. The molecule has 0 amide bonds. The highest BCUT2D eigenvalue weighted by Crippen LogP contribution is 2.55. The molecule has 0 aromatic heterocycles. The molecule has 140 valence electrons. The van der Waals surface area contributed by atoms with Crippen molar-refractivity contribution in [3.63, 3.8) is 0 Å². The van der Waals surface area contributed by atoms with Crippen LogP contribution >= 0.6 is 0 Å². The van der Waals surface area contributed by atoms with Crippen molar-refractivity contribution >= 4 is 5.78 Å². The Morgan fingerprint density at radius 3 is 2.12 bits per heavy atom. The van der Waals surface area contributed by atoms with Gasteiger partial charge in [0.25, 0.3) is 0 Å². The van der Waals surface area contributed by atoms with Crippen LogP contribution in [0, 0.1) is 10.8 Å². The highest BCUT2D eigenvalue weighted by Gasteiger charge is 2.64. The lowest BCUT2D eigenvalue weighted by molar-refractivity contribution is -0.205. The van der Waals surface area contributed by atoms with Gasteiger partial charge in [-0.15, -0.1) is 0 Å². The van der Waals surface area contributed by atoms with Gasteiger partial charge < -0.3 is 9.47 Å². The molecule has 4 bridgehead atoms. The number of benzene rings is 1. The number of rotatable bonds is 5. The Balaban J connectivity index is 1.52. The summed E-state index contributed by atoms with van der Waals surface area (Å²) in [5.74, 6) is 2.24. The average Bonchev–Trinajstić information content (AvgIpc) is 3.07. The summed E-state index contributed by atoms with van der Waals surface area (Å²) in [5.41, 5.74) is 0.944. The standard InChI is InChI=1S/C21H28N2O3/c1-3-7-20-10-22-12-21(8-4-2,19(20)24)13-23(11-20)18(22)15-5-6-16-17(9-15)26-14-25-16/h5-6,9,18H,3-4,7-8,10-14H2,1-2H3. The lowest BCUT2D eigenvalue weighted by Gasteiger charge is -2.66. The van der Waals surface area contributed by atoms with E-state index in [2.05, 4.69) is 35.8 Å². The van der Waals surface area contributed by atoms with Crippen LogP contribution in [-0.2, 0) is 4.79 Å². The second-order valence-electron chi connectivity index (χ2n) is 8.69. The summed E-state index contributed by atoms with van der Waals surface area (Å²) in [6, 6.07) is 6.33. The van der Waals surface area contributed by atoms with E-state index in [-0.39, 0.29) is 17.0 Å². The van der Waals surface area contributed by atoms with Crippen LogP contribution in [0.2, 0.25) is 0 Å². The van der Waals surface area contributed by atoms with Crippen molar-refractivity contribution in [3.05, 3.63) is 23.8 Å². The predicted molar refractivity (Wildman–Crippen MR) is 98.1 cm³/mol. The Kier molecular flexibility index (Phi) is 3.63. The molecule has 4 fully saturated rings. The quantitative estimate of drug-likeness (QED) is 0.810. The summed E-state index contributed by atoms with van der Waals surface area (Å²) in [5, 5.41) is 0. The molecule has 6 rings (SSSR count). The van der Waals surface area contributed by atoms with Crippen molar-refractivity contribution in [1.82, 2.24) is 9.80 Å². The van der Waals surface area contributed by atoms with Crippen molar-refractivity contribution in [2.45, 2.75) is 45.7 Å². The molecule has 5 aliphatic rings. The van der Waals surface area contributed by atoms with Crippen molar-refractivity contribution < 1.29 is 14.3 Å². The SMILES string of the molecule is CCCC12CN3CC(CCC)(CN(C1)C3c1ccc3c(c1)OCO3)C2=O. The fourth-order valence-corrected chi connectivity index (χ4v) is 6.19. The first-order valence-corrected chi connectivity index (χ1v) is 10.0. The van der Waals surface area contributed by atoms with E-state index in [1.54, 1.807) is 0 Å². The average molecular weight is 356 g/mol. The number of ether oxygens (including phenoxy) is 2. The molecule has 0 spiro atoms. The van der Waals surface area contributed by atoms with Crippen LogP contribution in [0.4, 0.5) is 0 Å². The van der Waals surface area contributed by atoms with Crippen LogP contribution in [-0.4, -0.2) is 48.6 Å². The first-order valence-electron chi connectivity index (χ1n) is 10.0. The number of hydrogen-bond acceptors (Lipinski definition) is 5. The first-order chi connectivity index (χ1) is 12.6. The third-order valence-electron chi connectivity index (χ3n) is 6.83. The van der Waals surface area contributed by atoms with E-state index in [4.69, 9.17) is 9.47 Å². The molecule has 5 nitrogen and oxygen atoms in total. The van der Waals surface area contributed by atoms with Crippen LogP contribution in [0.25, 0.3) is 0 Å². The van der Waals surface area contributed by atoms with E-state index in [1.165, 1.54) is 5.56 Å². The van der Waals surface area contributed by atoms with E-state index in [0.29, 0.717) is 12.6 Å². The molecule has 1 aromatic rings. The molecule has 4 saturated heterocycles. The molecule has 0 N–H and O–H groups in total. The molecule has 5 heterocycles. The van der Waals surface area contributed by atoms with Crippen molar-refractivity contribution in [2.24, 2.45) is 10.8 Å². The molecular weight excluding hydrogens is 328 g/mol. The molecule has 1 aromatic carbocycles. The van der Waals surface area contributed by atoms with E-state index in [1.807, 2.05) is 6.07 Å². The second kappa shape index (κ2) is 5.70. The van der Waals surface area contributed by atoms with Gasteiger partial charge in [0.05, 0.1) is 17.0 Å². The smallest absolute Gasteiger partial charge is 0.231 e. The number of nitrogens with zero attached hydrogens (tertiary/aromatic N) is 2. The number of carbonyl (C=O) groups excluding carboxylic acids is 1. The Morgan fingerprint density at radius 2 is 1.54 bits per heavy atom. The van der Waals surface area contributed by atoms with Crippen LogP contribution in [0.3, 0.4) is 0 Å². The van der Waals surface area contributed by atoms with E-state index >= 15 is 0 Å². The maximum Gasteiger partial charge on any atom is 0.231 e. The number of piperidine rings is 2. The van der Waals surface area contributed by atoms with Crippen molar-refractivity contribution in [1.29, 1.82) is 0 Å². The summed E-state index contributed by atoms with van der Waals surface area (Å²) in [7, 11) is 0. The predicted octanol–water partition coefficient (Wildman–Crippen LogP) is 3.20. The van der Waals surface area contributed by atoms with Gasteiger partial charge in [0.15, 0.2) is 11.5 Å². The highest BCUT2D eigenvalue weighted by molar-refractivity contribution is 5.93. The highest BCUT2D eigenvalue weighted by atomic mass is 16.7. The van der Waals surface area contributed by atoms with Gasteiger partial charge in [0.2, 0.25) is 6.79 Å². The summed E-state index contributed by atoms with van der Waals surface area (Å²) >= 11 is 0. The van der Waals surface area contributed by atoms with E-state index in [0.717, 1.165) is 63.4 Å². The normalized spacial score (nSPS) is 39.6. The molecule has 0 aliphatic carbocycles. The minimum atomic E-state index is -0.159. The molecule has 0 unspecified atom stereocenters. The zero-order valence-corrected chi connectivity index (χ0v) is 15.8. The summed E-state index contributed by atoms with van der Waals surface area (Å²) in [6.45, 7) is 8.34. The summed E-state index contributed by atoms with van der Waals surface area (Å²) < 4.78 is 11.1. The lowest BCUT2D eigenvalue weighted by atomic mass is 9.57. The number of hydrogen-bond donors (Lipinski definition) is 0. The molecule has 0 radical (unpaired) electrons. The van der Waals surface area contributed by atoms with Crippen molar-refractivity contribution in [2.75, 3.05) is 33.0 Å². The molecule has 5 aliphatic heterocycles. The lowest BCUT2D eigenvalue weighted by Crippen LogP contribution is -2.76. The van der Waals surface area contributed by atoms with Crippen LogP contribution < -0.4 is 9.47 Å². The van der Waals surface area contributed by atoms with Gasteiger partial charge >= 0.3 is 0 Å². The van der Waals surface area contributed by atoms with Crippen molar-refractivity contribution in [3.8, 4) is 11.5 Å². The van der Waals surface area contributed by atoms with E-state index in [9.17, 15) is 4.79 Å². The third kappa shape index (κ3) is 2.13. The number of carbonyl (C=O) groups is 1. The van der Waals surface area contributed by atoms with Crippen LogP contribution in [0.5, 0.6) is 11.5 Å². The molecular formula is C21H28N2O3. The van der Waals surface area contributed by atoms with Gasteiger partial charge in [-0.05, 0) is 30.5 Å². The second-order valence-corrected chi connectivity index (χ2v) is 8.69. The van der Waals surface area contributed by atoms with Gasteiger partial charge in [-0.2, -0.15) is 0 Å². The molecule has 26 heavy (non-hydrogen) atoms. The Bertz CT molecular complexity index is 703. The largest absolute Gasteiger partial charge is 0.454 e.